The van der Waals surface area contributed by atoms with Crippen LogP contribution in [0.5, 0.6) is 11.5 Å². The number of hydrogen-bond donors (Lipinski definition) is 1. The molecule has 0 aromatic heterocycles. The van der Waals surface area contributed by atoms with Crippen molar-refractivity contribution >= 4 is 0 Å². The van der Waals surface area contributed by atoms with Gasteiger partial charge in [-0.1, -0.05) is 26.3 Å². The molecule has 19 heavy (non-hydrogen) atoms. The van der Waals surface area contributed by atoms with E-state index in [1.54, 1.807) is 7.11 Å². The molecule has 1 aromatic rings. The van der Waals surface area contributed by atoms with Crippen molar-refractivity contribution in [1.29, 1.82) is 0 Å². The first-order chi connectivity index (χ1) is 9.26. The zero-order chi connectivity index (χ0) is 14.1. The summed E-state index contributed by atoms with van der Waals surface area (Å²) in [6, 6.07) is 6.59. The van der Waals surface area contributed by atoms with E-state index in [1.807, 2.05) is 13.0 Å². The molecule has 0 radical (unpaired) electrons. The van der Waals surface area contributed by atoms with Crippen LogP contribution < -0.4 is 14.8 Å². The van der Waals surface area contributed by atoms with Crippen LogP contribution in [0.3, 0.4) is 0 Å². The topological polar surface area (TPSA) is 30.5 Å². The molecule has 3 nitrogen and oxygen atoms in total. The maximum atomic E-state index is 5.55. The van der Waals surface area contributed by atoms with Crippen molar-refractivity contribution in [3.8, 4) is 11.5 Å². The minimum absolute atomic E-state index is 0.385. The Labute approximate surface area is 117 Å². The summed E-state index contributed by atoms with van der Waals surface area (Å²) in [5.74, 6) is 1.63. The van der Waals surface area contributed by atoms with Gasteiger partial charge in [0.1, 0.15) is 0 Å². The van der Waals surface area contributed by atoms with Crippen LogP contribution in [0.25, 0.3) is 0 Å². The lowest BCUT2D eigenvalue weighted by atomic mass is 10.0. The standard InChI is InChI=1S/C16H27NO2/c1-5-8-11-17-14(6-2)13-9-10-15(19-7-3)16(12-13)18-4/h9-10,12,14,17H,5-8,11H2,1-4H3. The van der Waals surface area contributed by atoms with Crippen molar-refractivity contribution in [2.45, 2.75) is 46.1 Å². The zero-order valence-corrected chi connectivity index (χ0v) is 12.7. The van der Waals surface area contributed by atoms with Crippen LogP contribution in [-0.2, 0) is 0 Å². The van der Waals surface area contributed by atoms with E-state index in [9.17, 15) is 0 Å². The van der Waals surface area contributed by atoms with Gasteiger partial charge < -0.3 is 14.8 Å². The van der Waals surface area contributed by atoms with Gasteiger partial charge in [-0.3, -0.25) is 0 Å². The molecule has 1 atom stereocenters. The third-order valence-corrected chi connectivity index (χ3v) is 3.22. The fourth-order valence-electron chi connectivity index (χ4n) is 2.13. The van der Waals surface area contributed by atoms with E-state index in [0.29, 0.717) is 12.6 Å². The van der Waals surface area contributed by atoms with Crippen LogP contribution in [0.1, 0.15) is 51.6 Å². The summed E-state index contributed by atoms with van der Waals surface area (Å²) >= 11 is 0. The number of hydrogen-bond acceptors (Lipinski definition) is 3. The van der Waals surface area contributed by atoms with Crippen molar-refractivity contribution in [1.82, 2.24) is 5.32 Å². The van der Waals surface area contributed by atoms with E-state index in [2.05, 4.69) is 31.3 Å². The number of nitrogens with one attached hydrogen (secondary N) is 1. The highest BCUT2D eigenvalue weighted by Crippen LogP contribution is 2.31. The normalized spacial score (nSPS) is 12.2. The molecule has 1 rings (SSSR count). The van der Waals surface area contributed by atoms with Gasteiger partial charge in [0.2, 0.25) is 0 Å². The predicted octanol–water partition coefficient (Wildman–Crippen LogP) is 3.93. The Balaban J connectivity index is 2.80. The fraction of sp³-hybridized carbons (Fsp3) is 0.625. The number of benzene rings is 1. The van der Waals surface area contributed by atoms with Crippen molar-refractivity contribution in [3.05, 3.63) is 23.8 Å². The molecule has 0 fully saturated rings. The second-order valence-corrected chi connectivity index (χ2v) is 4.61. The number of ether oxygens (including phenoxy) is 2. The second-order valence-electron chi connectivity index (χ2n) is 4.61. The zero-order valence-electron chi connectivity index (χ0n) is 12.7. The summed E-state index contributed by atoms with van der Waals surface area (Å²) in [4.78, 5) is 0. The van der Waals surface area contributed by atoms with Crippen LogP contribution in [-0.4, -0.2) is 20.3 Å². The third kappa shape index (κ3) is 4.75. The quantitative estimate of drug-likeness (QED) is 0.686. The lowest BCUT2D eigenvalue weighted by Crippen LogP contribution is -2.21. The Morgan fingerprint density at radius 1 is 1.16 bits per heavy atom. The lowest BCUT2D eigenvalue weighted by Gasteiger charge is -2.19. The van der Waals surface area contributed by atoms with Gasteiger partial charge in [-0.05, 0) is 44.0 Å². The van der Waals surface area contributed by atoms with E-state index in [4.69, 9.17) is 9.47 Å². The van der Waals surface area contributed by atoms with Gasteiger partial charge in [0.25, 0.3) is 0 Å². The number of rotatable bonds is 9. The van der Waals surface area contributed by atoms with E-state index in [1.165, 1.54) is 18.4 Å². The Bertz CT molecular complexity index is 366. The molecule has 1 unspecified atom stereocenters. The number of methoxy groups -OCH3 is 1. The number of unbranched alkanes of at least 4 members (excludes halogenated alkanes) is 1. The van der Waals surface area contributed by atoms with E-state index >= 15 is 0 Å². The largest absolute Gasteiger partial charge is 0.493 e. The van der Waals surface area contributed by atoms with E-state index in [0.717, 1.165) is 24.5 Å². The molecule has 0 aliphatic rings. The summed E-state index contributed by atoms with van der Waals surface area (Å²) in [7, 11) is 1.69. The lowest BCUT2D eigenvalue weighted by molar-refractivity contribution is 0.310. The molecule has 0 saturated heterocycles. The first-order valence-corrected chi connectivity index (χ1v) is 7.30. The van der Waals surface area contributed by atoms with E-state index < -0.39 is 0 Å². The maximum Gasteiger partial charge on any atom is 0.161 e. The molecule has 1 N–H and O–H groups in total. The molecule has 0 saturated carbocycles. The summed E-state index contributed by atoms with van der Waals surface area (Å²) in [6.07, 6.45) is 3.50. The minimum Gasteiger partial charge on any atom is -0.493 e. The molecule has 0 amide bonds. The molecule has 0 spiro atoms. The molecule has 1 aromatic carbocycles. The molecular weight excluding hydrogens is 238 g/mol. The summed E-state index contributed by atoms with van der Waals surface area (Å²) < 4.78 is 11.0. The van der Waals surface area contributed by atoms with Crippen molar-refractivity contribution in [2.24, 2.45) is 0 Å². The van der Waals surface area contributed by atoms with Crippen LogP contribution in [0.2, 0.25) is 0 Å². The SMILES string of the molecule is CCCCNC(CC)c1ccc(OCC)c(OC)c1. The van der Waals surface area contributed by atoms with Crippen molar-refractivity contribution in [2.75, 3.05) is 20.3 Å². The molecular formula is C16H27NO2. The predicted molar refractivity (Wildman–Crippen MR) is 80.1 cm³/mol. The average Bonchev–Trinajstić information content (AvgIpc) is 2.45. The van der Waals surface area contributed by atoms with Gasteiger partial charge in [-0.2, -0.15) is 0 Å². The molecule has 3 heteroatoms. The Kier molecular flexibility index (Phi) is 7.34. The molecule has 108 valence electrons. The van der Waals surface area contributed by atoms with Crippen molar-refractivity contribution < 1.29 is 9.47 Å². The molecule has 0 heterocycles. The van der Waals surface area contributed by atoms with Crippen LogP contribution >= 0.6 is 0 Å². The Morgan fingerprint density at radius 3 is 2.53 bits per heavy atom. The monoisotopic (exact) mass is 265 g/mol. The highest BCUT2D eigenvalue weighted by Gasteiger charge is 2.12. The maximum absolute atomic E-state index is 5.55. The first kappa shape index (κ1) is 15.8. The highest BCUT2D eigenvalue weighted by molar-refractivity contribution is 5.43. The summed E-state index contributed by atoms with van der Waals surface area (Å²) in [6.45, 7) is 8.11. The second kappa shape index (κ2) is 8.81. The first-order valence-electron chi connectivity index (χ1n) is 7.30. The Hall–Kier alpha value is -1.22. The smallest absolute Gasteiger partial charge is 0.161 e. The van der Waals surface area contributed by atoms with Gasteiger partial charge in [-0.25, -0.2) is 0 Å². The van der Waals surface area contributed by atoms with Gasteiger partial charge in [0.15, 0.2) is 11.5 Å². The summed E-state index contributed by atoms with van der Waals surface area (Å²) in [5.41, 5.74) is 1.26. The van der Waals surface area contributed by atoms with E-state index in [-0.39, 0.29) is 0 Å². The molecule has 0 aliphatic carbocycles. The third-order valence-electron chi connectivity index (χ3n) is 3.22. The van der Waals surface area contributed by atoms with Gasteiger partial charge in [-0.15, -0.1) is 0 Å². The van der Waals surface area contributed by atoms with Gasteiger partial charge in [0, 0.05) is 6.04 Å². The minimum atomic E-state index is 0.385. The van der Waals surface area contributed by atoms with Crippen LogP contribution in [0, 0.1) is 0 Å². The fourth-order valence-corrected chi connectivity index (χ4v) is 2.13. The van der Waals surface area contributed by atoms with Crippen LogP contribution in [0.4, 0.5) is 0 Å². The van der Waals surface area contributed by atoms with Crippen LogP contribution in [0.15, 0.2) is 18.2 Å². The molecule has 0 bridgehead atoms. The average molecular weight is 265 g/mol. The van der Waals surface area contributed by atoms with Gasteiger partial charge >= 0.3 is 0 Å². The summed E-state index contributed by atoms with van der Waals surface area (Å²) in [5, 5.41) is 3.59. The van der Waals surface area contributed by atoms with Crippen molar-refractivity contribution in [3.63, 3.8) is 0 Å². The van der Waals surface area contributed by atoms with Gasteiger partial charge in [0.05, 0.1) is 13.7 Å². The Morgan fingerprint density at radius 2 is 1.95 bits per heavy atom. The molecule has 0 aliphatic heterocycles. The highest BCUT2D eigenvalue weighted by atomic mass is 16.5.